The van der Waals surface area contributed by atoms with Gasteiger partial charge in [-0.05, 0) is 56.3 Å². The lowest BCUT2D eigenvalue weighted by atomic mass is 9.78. The molecule has 0 spiro atoms. The number of rotatable bonds is 7. The number of piperazine rings is 1. The van der Waals surface area contributed by atoms with Crippen LogP contribution in [-0.2, 0) is 0 Å². The summed E-state index contributed by atoms with van der Waals surface area (Å²) in [5.41, 5.74) is -1.01. The van der Waals surface area contributed by atoms with Crippen molar-refractivity contribution in [3.8, 4) is 5.75 Å². The third-order valence-corrected chi connectivity index (χ3v) is 8.97. The molecule has 3 atom stereocenters. The Labute approximate surface area is 230 Å². The number of anilines is 3. The molecule has 10 nitrogen and oxygen atoms in total. The van der Waals surface area contributed by atoms with E-state index in [1.807, 2.05) is 11.9 Å². The smallest absolute Gasteiger partial charge is 0.276 e. The summed E-state index contributed by atoms with van der Waals surface area (Å²) < 4.78 is 13.6. The number of nitrogens with zero attached hydrogens (tertiary/aromatic N) is 4. The van der Waals surface area contributed by atoms with Crippen molar-refractivity contribution >= 4 is 23.0 Å². The zero-order chi connectivity index (χ0) is 28.2. The van der Waals surface area contributed by atoms with Crippen LogP contribution in [0.5, 0.6) is 5.75 Å². The highest BCUT2D eigenvalue weighted by atomic mass is 19.1. The summed E-state index contributed by atoms with van der Waals surface area (Å²) in [6.07, 6.45) is 8.15. The van der Waals surface area contributed by atoms with Crippen LogP contribution in [0.1, 0.15) is 67.7 Å². The summed E-state index contributed by atoms with van der Waals surface area (Å²) in [4.78, 5) is 51.4. The van der Waals surface area contributed by atoms with Crippen molar-refractivity contribution in [3.63, 3.8) is 0 Å². The fourth-order valence-corrected chi connectivity index (χ4v) is 6.84. The Hall–Kier alpha value is -3.86. The highest BCUT2D eigenvalue weighted by Crippen LogP contribution is 2.48. The summed E-state index contributed by atoms with van der Waals surface area (Å²) in [7, 11) is 2.04. The van der Waals surface area contributed by atoms with Crippen LogP contribution in [0.25, 0.3) is 0 Å². The van der Waals surface area contributed by atoms with Crippen molar-refractivity contribution in [2.24, 2.45) is 5.41 Å². The second-order valence-corrected chi connectivity index (χ2v) is 11.7. The van der Waals surface area contributed by atoms with E-state index in [0.29, 0.717) is 5.69 Å². The zero-order valence-electron chi connectivity index (χ0n) is 22.6. The molecule has 210 valence electrons. The molecule has 1 saturated carbocycles. The maximum absolute atomic E-state index is 13.6. The van der Waals surface area contributed by atoms with Gasteiger partial charge in [0.15, 0.2) is 11.4 Å². The van der Waals surface area contributed by atoms with Crippen LogP contribution in [0.2, 0.25) is 0 Å². The summed E-state index contributed by atoms with van der Waals surface area (Å²) in [5.74, 6) is -1.18. The molecule has 11 heteroatoms. The average Bonchev–Trinajstić information content (AvgIpc) is 3.50. The number of hydrogen-bond acceptors (Lipinski definition) is 9. The molecule has 6 rings (SSSR count). The van der Waals surface area contributed by atoms with Gasteiger partial charge in [-0.15, -0.1) is 0 Å². The second-order valence-electron chi connectivity index (χ2n) is 11.7. The van der Waals surface area contributed by atoms with Crippen molar-refractivity contribution in [1.29, 1.82) is 0 Å². The van der Waals surface area contributed by atoms with Gasteiger partial charge in [0.1, 0.15) is 17.2 Å². The van der Waals surface area contributed by atoms with E-state index in [9.17, 15) is 23.9 Å². The van der Waals surface area contributed by atoms with Gasteiger partial charge in [-0.2, -0.15) is 0 Å². The van der Waals surface area contributed by atoms with Gasteiger partial charge < -0.3 is 25.5 Å². The molecular weight excluding hydrogens is 515 g/mol. The summed E-state index contributed by atoms with van der Waals surface area (Å²) in [6, 6.07) is 4.07. The second kappa shape index (κ2) is 9.96. The molecule has 3 fully saturated rings. The first-order valence-electron chi connectivity index (χ1n) is 13.8. The van der Waals surface area contributed by atoms with Crippen molar-refractivity contribution in [2.75, 3.05) is 30.8 Å². The number of carbonyl (C=O) groups is 1. The predicted molar refractivity (Wildman–Crippen MR) is 148 cm³/mol. The van der Waals surface area contributed by atoms with E-state index in [4.69, 9.17) is 0 Å². The van der Waals surface area contributed by atoms with Crippen LogP contribution in [0, 0.1) is 11.2 Å². The van der Waals surface area contributed by atoms with Crippen LogP contribution in [0.4, 0.5) is 21.5 Å². The number of carbonyl (C=O) groups excluding carboxylic acids is 1. The Bertz CT molecular complexity index is 1500. The molecule has 1 aromatic carbocycles. The highest BCUT2D eigenvalue weighted by Gasteiger charge is 2.43. The van der Waals surface area contributed by atoms with Crippen molar-refractivity contribution < 1.29 is 14.3 Å². The molecule has 0 radical (unpaired) electrons. The molecule has 2 saturated heterocycles. The Kier molecular flexibility index (Phi) is 6.56. The molecule has 2 unspecified atom stereocenters. The lowest BCUT2D eigenvalue weighted by Gasteiger charge is -2.39. The fourth-order valence-electron chi connectivity index (χ4n) is 6.84. The van der Waals surface area contributed by atoms with E-state index < -0.39 is 22.7 Å². The number of halogens is 1. The largest absolute Gasteiger partial charge is 0.504 e. The number of pyridine rings is 2. The zero-order valence-corrected chi connectivity index (χ0v) is 22.6. The lowest BCUT2D eigenvalue weighted by molar-refractivity contribution is 0.0464. The standard InChI is InChI=1S/C29H33FN6O4/c1-29(10-3-4-11-29)27(20-8-5-16(30)13-32-20)34-22-21(25(38)26(22)39)33-19-9-12-31-23(24(19)37)28(40)36-17-6-7-18(36)15-35(2)14-17/h5,8-9,12-13,17-18,27,34,37H,3-4,6-7,10-11,14-15H2,1-2H3,(H,31,33)/t17?,18?,27-/m0/s1. The van der Waals surface area contributed by atoms with Crippen LogP contribution < -0.4 is 21.5 Å². The van der Waals surface area contributed by atoms with Crippen molar-refractivity contribution in [3.05, 3.63) is 68.2 Å². The van der Waals surface area contributed by atoms with Gasteiger partial charge in [-0.25, -0.2) is 9.37 Å². The number of amides is 1. The molecule has 40 heavy (non-hydrogen) atoms. The minimum absolute atomic E-state index is 0.00160. The Morgan fingerprint density at radius 1 is 1.07 bits per heavy atom. The molecule has 3 N–H and O–H groups in total. The number of aromatic nitrogens is 2. The highest BCUT2D eigenvalue weighted by molar-refractivity contribution is 5.98. The Morgan fingerprint density at radius 2 is 1.75 bits per heavy atom. The predicted octanol–water partition coefficient (Wildman–Crippen LogP) is 3.31. The quantitative estimate of drug-likeness (QED) is 0.381. The van der Waals surface area contributed by atoms with Gasteiger partial charge >= 0.3 is 0 Å². The monoisotopic (exact) mass is 548 g/mol. The number of nitrogens with one attached hydrogen (secondary N) is 2. The topological polar surface area (TPSA) is 128 Å². The third kappa shape index (κ3) is 4.42. The fraction of sp³-hybridized carbons (Fsp3) is 0.483. The van der Waals surface area contributed by atoms with Crippen LogP contribution in [0.15, 0.2) is 40.2 Å². The minimum atomic E-state index is -0.730. The number of fused-ring (bicyclic) bond motifs is 2. The van der Waals surface area contributed by atoms with Crippen LogP contribution in [0.3, 0.4) is 0 Å². The molecule has 2 bridgehead atoms. The summed E-state index contributed by atoms with van der Waals surface area (Å²) >= 11 is 0. The molecule has 4 heterocycles. The van der Waals surface area contributed by atoms with Gasteiger partial charge in [0.25, 0.3) is 16.8 Å². The molecule has 3 aromatic rings. The summed E-state index contributed by atoms with van der Waals surface area (Å²) in [5, 5.41) is 17.2. The number of hydrogen-bond donors (Lipinski definition) is 3. The average molecular weight is 549 g/mol. The molecule has 3 aliphatic rings. The maximum Gasteiger partial charge on any atom is 0.276 e. The van der Waals surface area contributed by atoms with Gasteiger partial charge in [-0.1, -0.05) is 19.8 Å². The van der Waals surface area contributed by atoms with Gasteiger partial charge in [0.2, 0.25) is 0 Å². The van der Waals surface area contributed by atoms with Gasteiger partial charge in [0.05, 0.1) is 23.6 Å². The van der Waals surface area contributed by atoms with Crippen molar-refractivity contribution in [1.82, 2.24) is 19.8 Å². The van der Waals surface area contributed by atoms with E-state index in [1.54, 1.807) is 6.07 Å². The van der Waals surface area contributed by atoms with Gasteiger partial charge in [-0.3, -0.25) is 19.4 Å². The molecule has 2 aliphatic heterocycles. The van der Waals surface area contributed by atoms with Crippen LogP contribution >= 0.6 is 0 Å². The Morgan fingerprint density at radius 3 is 2.40 bits per heavy atom. The summed E-state index contributed by atoms with van der Waals surface area (Å²) in [6.45, 7) is 3.63. The van der Waals surface area contributed by atoms with E-state index in [-0.39, 0.29) is 51.9 Å². The Balaban J connectivity index is 1.28. The number of likely N-dealkylation sites (tertiary alicyclic amines) is 1. The third-order valence-electron chi connectivity index (χ3n) is 8.97. The normalized spacial score (nSPS) is 22.9. The number of likely N-dealkylation sites (N-methyl/N-ethyl adjacent to an activating group) is 1. The lowest BCUT2D eigenvalue weighted by Crippen LogP contribution is -2.54. The molecule has 1 amide bonds. The first-order chi connectivity index (χ1) is 19.2. The maximum atomic E-state index is 13.6. The molecular formula is C29H33FN6O4. The van der Waals surface area contributed by atoms with E-state index >= 15 is 0 Å². The van der Waals surface area contributed by atoms with Gasteiger partial charge in [0, 0.05) is 31.4 Å². The van der Waals surface area contributed by atoms with E-state index in [2.05, 4.69) is 32.4 Å². The molecule has 1 aliphatic carbocycles. The van der Waals surface area contributed by atoms with E-state index in [1.165, 1.54) is 18.3 Å². The molecule has 2 aromatic heterocycles. The van der Waals surface area contributed by atoms with Crippen LogP contribution in [-0.4, -0.2) is 63.0 Å². The first kappa shape index (κ1) is 26.4. The van der Waals surface area contributed by atoms with E-state index in [0.717, 1.165) is 57.8 Å². The SMILES string of the molecule is CN1CC2CCC(C1)N2C(=O)c1nccc(Nc2c(N[C@@H](c3ccc(F)cn3)C3(C)CCCC3)c(=O)c2=O)c1O. The number of aromatic hydroxyl groups is 1. The van der Waals surface area contributed by atoms with Crippen molar-refractivity contribution in [2.45, 2.75) is 63.6 Å². The minimum Gasteiger partial charge on any atom is -0.504 e. The first-order valence-corrected chi connectivity index (χ1v) is 13.8.